The van der Waals surface area contributed by atoms with Crippen LogP contribution >= 0.6 is 0 Å². The van der Waals surface area contributed by atoms with Crippen LogP contribution in [0.3, 0.4) is 0 Å². The van der Waals surface area contributed by atoms with Crippen LogP contribution in [0.25, 0.3) is 0 Å². The van der Waals surface area contributed by atoms with Crippen molar-refractivity contribution in [2.45, 2.75) is 37.5 Å². The molecular weight excluding hydrogens is 430 g/mol. The smallest absolute Gasteiger partial charge is 0.340 e. The van der Waals surface area contributed by atoms with Gasteiger partial charge in [-0.15, -0.1) is 0 Å². The summed E-state index contributed by atoms with van der Waals surface area (Å²) in [6.07, 6.45) is -13.3. The largest absolute Gasteiger partial charge is 0.433 e. The molecule has 1 aromatic carbocycles. The molecule has 0 radical (unpaired) electrons. The third-order valence-corrected chi connectivity index (χ3v) is 5.24. The van der Waals surface area contributed by atoms with Gasteiger partial charge < -0.3 is 14.5 Å². The third kappa shape index (κ3) is 4.69. The van der Waals surface area contributed by atoms with E-state index in [1.165, 1.54) is 11.0 Å². The Labute approximate surface area is 173 Å². The normalized spacial score (nSPS) is 22.8. The standard InChI is InChI=1S/C19H16F6N4O2/c20-18(21,22)14-7-13(2-1-12(14)9-27)29-10-15(31-17(29)19(23,24)25)16(30)28-5-3-11(8-26)4-6-28/h1-2,7,11,15,17H,3-6,10H2/t15-,17+/m0/s1. The van der Waals surface area contributed by atoms with Gasteiger partial charge in [-0.2, -0.15) is 36.9 Å². The summed E-state index contributed by atoms with van der Waals surface area (Å²) in [5.74, 6) is -0.953. The number of benzene rings is 1. The summed E-state index contributed by atoms with van der Waals surface area (Å²) in [6.45, 7) is -0.240. The number of anilines is 1. The van der Waals surface area contributed by atoms with E-state index in [4.69, 9.17) is 15.3 Å². The molecule has 2 atom stereocenters. The van der Waals surface area contributed by atoms with E-state index in [1.54, 1.807) is 0 Å². The van der Waals surface area contributed by atoms with E-state index in [0.717, 1.165) is 12.1 Å². The zero-order valence-corrected chi connectivity index (χ0v) is 15.9. The van der Waals surface area contributed by atoms with Crippen LogP contribution in [-0.2, 0) is 15.7 Å². The Hall–Kier alpha value is -2.99. The molecule has 2 aliphatic heterocycles. The number of nitriles is 2. The second-order valence-electron chi connectivity index (χ2n) is 7.24. The minimum absolute atomic E-state index is 0.183. The molecule has 2 heterocycles. The lowest BCUT2D eigenvalue weighted by Crippen LogP contribution is -2.45. The molecule has 31 heavy (non-hydrogen) atoms. The number of likely N-dealkylation sites (tertiary alicyclic amines) is 1. The lowest BCUT2D eigenvalue weighted by atomic mass is 9.98. The Balaban J connectivity index is 1.87. The Kier molecular flexibility index (Phi) is 6.05. The number of piperidine rings is 1. The number of halogens is 6. The van der Waals surface area contributed by atoms with Crippen LogP contribution in [0.2, 0.25) is 0 Å². The van der Waals surface area contributed by atoms with E-state index < -0.39 is 54.0 Å². The Morgan fingerprint density at radius 3 is 2.26 bits per heavy atom. The van der Waals surface area contributed by atoms with Crippen molar-refractivity contribution in [1.82, 2.24) is 4.90 Å². The molecular formula is C19H16F6N4O2. The first-order valence-corrected chi connectivity index (χ1v) is 9.24. The van der Waals surface area contributed by atoms with Gasteiger partial charge in [-0.3, -0.25) is 4.79 Å². The van der Waals surface area contributed by atoms with Crippen molar-refractivity contribution in [2.75, 3.05) is 24.5 Å². The zero-order valence-electron chi connectivity index (χ0n) is 15.9. The molecule has 1 amide bonds. The summed E-state index contributed by atoms with van der Waals surface area (Å²) < 4.78 is 85.3. The van der Waals surface area contributed by atoms with Gasteiger partial charge in [0.25, 0.3) is 5.91 Å². The predicted molar refractivity (Wildman–Crippen MR) is 93.1 cm³/mol. The fraction of sp³-hybridized carbons (Fsp3) is 0.526. The van der Waals surface area contributed by atoms with E-state index in [-0.39, 0.29) is 19.0 Å². The number of alkyl halides is 6. The molecule has 0 aliphatic carbocycles. The summed E-state index contributed by atoms with van der Waals surface area (Å²) in [7, 11) is 0. The fourth-order valence-corrected chi connectivity index (χ4v) is 3.65. The topological polar surface area (TPSA) is 80.4 Å². The first-order chi connectivity index (χ1) is 14.5. The van der Waals surface area contributed by atoms with Crippen LogP contribution in [0, 0.1) is 28.6 Å². The van der Waals surface area contributed by atoms with Gasteiger partial charge in [0.05, 0.1) is 29.8 Å². The minimum Gasteiger partial charge on any atom is -0.340 e. The predicted octanol–water partition coefficient (Wildman–Crippen LogP) is 3.43. The van der Waals surface area contributed by atoms with Crippen molar-refractivity contribution < 1.29 is 35.9 Å². The van der Waals surface area contributed by atoms with Crippen molar-refractivity contribution >= 4 is 11.6 Å². The van der Waals surface area contributed by atoms with Gasteiger partial charge >= 0.3 is 12.4 Å². The van der Waals surface area contributed by atoms with Crippen molar-refractivity contribution in [3.05, 3.63) is 29.3 Å². The molecule has 2 fully saturated rings. The van der Waals surface area contributed by atoms with Crippen molar-refractivity contribution in [3.8, 4) is 12.1 Å². The van der Waals surface area contributed by atoms with Crippen molar-refractivity contribution in [3.63, 3.8) is 0 Å². The van der Waals surface area contributed by atoms with Crippen LogP contribution in [0.15, 0.2) is 18.2 Å². The lowest BCUT2D eigenvalue weighted by Gasteiger charge is -2.30. The lowest BCUT2D eigenvalue weighted by molar-refractivity contribution is -0.215. The number of ether oxygens (including phenoxy) is 1. The monoisotopic (exact) mass is 446 g/mol. The van der Waals surface area contributed by atoms with E-state index in [0.29, 0.717) is 23.8 Å². The number of hydrogen-bond acceptors (Lipinski definition) is 5. The molecule has 0 unspecified atom stereocenters. The number of nitrogens with zero attached hydrogens (tertiary/aromatic N) is 4. The third-order valence-electron chi connectivity index (χ3n) is 5.24. The van der Waals surface area contributed by atoms with Crippen LogP contribution in [0.4, 0.5) is 32.0 Å². The molecule has 2 saturated heterocycles. The average molecular weight is 446 g/mol. The molecule has 0 bridgehead atoms. The molecule has 166 valence electrons. The number of carbonyl (C=O) groups excluding carboxylic acids is 1. The number of hydrogen-bond donors (Lipinski definition) is 0. The van der Waals surface area contributed by atoms with Gasteiger partial charge in [-0.1, -0.05) is 0 Å². The van der Waals surface area contributed by atoms with Gasteiger partial charge in [0.2, 0.25) is 6.23 Å². The quantitative estimate of drug-likeness (QED) is 0.651. The van der Waals surface area contributed by atoms with Crippen LogP contribution < -0.4 is 4.90 Å². The van der Waals surface area contributed by atoms with E-state index >= 15 is 0 Å². The van der Waals surface area contributed by atoms with Crippen molar-refractivity contribution in [1.29, 1.82) is 10.5 Å². The molecule has 0 aromatic heterocycles. The first-order valence-electron chi connectivity index (χ1n) is 9.24. The van der Waals surface area contributed by atoms with Crippen LogP contribution in [0.1, 0.15) is 24.0 Å². The number of carbonyl (C=O) groups is 1. The van der Waals surface area contributed by atoms with E-state index in [2.05, 4.69) is 6.07 Å². The fourth-order valence-electron chi connectivity index (χ4n) is 3.65. The van der Waals surface area contributed by atoms with Gasteiger partial charge in [0.15, 0.2) is 6.10 Å². The second-order valence-corrected chi connectivity index (χ2v) is 7.24. The van der Waals surface area contributed by atoms with Gasteiger partial charge in [-0.25, -0.2) is 0 Å². The van der Waals surface area contributed by atoms with Gasteiger partial charge in [0.1, 0.15) is 0 Å². The second kappa shape index (κ2) is 8.27. The van der Waals surface area contributed by atoms with Crippen molar-refractivity contribution in [2.24, 2.45) is 5.92 Å². The molecule has 0 N–H and O–H groups in total. The highest BCUT2D eigenvalue weighted by molar-refractivity contribution is 5.82. The number of amides is 1. The summed E-state index contributed by atoms with van der Waals surface area (Å²) >= 11 is 0. The maximum Gasteiger partial charge on any atom is 0.433 e. The summed E-state index contributed by atoms with van der Waals surface area (Å²) in [5.41, 5.74) is -2.57. The SMILES string of the molecule is N#Cc1ccc(N2C[C@@H](C(=O)N3CCC(C#N)CC3)O[C@@H]2C(F)(F)F)cc1C(F)(F)F. The Morgan fingerprint density at radius 2 is 1.74 bits per heavy atom. The van der Waals surface area contributed by atoms with E-state index in [1.807, 2.05) is 0 Å². The maximum absolute atomic E-state index is 13.6. The Morgan fingerprint density at radius 1 is 1.10 bits per heavy atom. The molecule has 3 rings (SSSR count). The molecule has 2 aliphatic rings. The molecule has 12 heteroatoms. The summed E-state index contributed by atoms with van der Waals surface area (Å²) in [6, 6.07) is 5.63. The minimum atomic E-state index is -4.98. The highest BCUT2D eigenvalue weighted by Gasteiger charge is 2.53. The average Bonchev–Trinajstić information content (AvgIpc) is 3.18. The van der Waals surface area contributed by atoms with Crippen LogP contribution in [0.5, 0.6) is 0 Å². The molecule has 1 aromatic rings. The Bertz CT molecular complexity index is 925. The molecule has 0 saturated carbocycles. The van der Waals surface area contributed by atoms with Gasteiger partial charge in [0, 0.05) is 24.7 Å². The highest BCUT2D eigenvalue weighted by Crippen LogP contribution is 2.39. The van der Waals surface area contributed by atoms with Gasteiger partial charge in [-0.05, 0) is 31.0 Å². The summed E-state index contributed by atoms with van der Waals surface area (Å²) in [4.78, 5) is 14.5. The highest BCUT2D eigenvalue weighted by atomic mass is 19.4. The zero-order chi connectivity index (χ0) is 23.0. The maximum atomic E-state index is 13.6. The van der Waals surface area contributed by atoms with E-state index in [9.17, 15) is 31.1 Å². The first kappa shape index (κ1) is 22.7. The molecule has 6 nitrogen and oxygen atoms in total. The number of rotatable bonds is 2. The summed E-state index contributed by atoms with van der Waals surface area (Å²) in [5, 5.41) is 17.8. The van der Waals surface area contributed by atoms with Crippen LogP contribution in [-0.4, -0.2) is 48.9 Å². The molecule has 0 spiro atoms.